The molecule has 2 aliphatic rings. The molecule has 1 fully saturated rings. The van der Waals surface area contributed by atoms with Crippen molar-refractivity contribution in [1.82, 2.24) is 15.3 Å². The van der Waals surface area contributed by atoms with Crippen molar-refractivity contribution in [2.24, 2.45) is 0 Å². The number of nitrogens with two attached hydrogens (primary N) is 1. The second-order valence-electron chi connectivity index (χ2n) is 10.2. The Morgan fingerprint density at radius 3 is 2.52 bits per heavy atom. The number of carbonyl (C=O) groups is 2. The molecular weight excluding hydrogens is 526 g/mol. The number of aromatic nitrogens is 2. The number of rotatable bonds is 7. The van der Waals surface area contributed by atoms with Crippen molar-refractivity contribution in [2.45, 2.75) is 42.1 Å². The van der Waals surface area contributed by atoms with E-state index in [1.165, 1.54) is 16.7 Å². The van der Waals surface area contributed by atoms with Crippen LogP contribution in [-0.2, 0) is 9.59 Å². The zero-order valence-electron chi connectivity index (χ0n) is 22.8. The van der Waals surface area contributed by atoms with E-state index in [4.69, 9.17) is 5.73 Å². The van der Waals surface area contributed by atoms with Gasteiger partial charge in [-0.3, -0.25) is 9.59 Å². The van der Waals surface area contributed by atoms with E-state index in [1.807, 2.05) is 26.1 Å². The van der Waals surface area contributed by atoms with Gasteiger partial charge >= 0.3 is 0 Å². The molecule has 2 aliphatic heterocycles. The standard InChI is InChI=1S/C29H33N7O3S/c1-18-20(33-26(38)24-21(37)17-36(28(24)39)19-8-5-4-6-9-19)10-7-11-22(18)40-27-25(30)34-23(16-32-27)35-14-12-29(2,31-3)13-15-35/h4-11,16,31,37H,12-15,17H2,1-3H3,(H2,30,34)(H,33,38). The molecule has 1 aromatic heterocycles. The smallest absolute Gasteiger partial charge is 0.267 e. The van der Waals surface area contributed by atoms with E-state index < -0.39 is 11.8 Å². The number of anilines is 4. The van der Waals surface area contributed by atoms with Crippen molar-refractivity contribution < 1.29 is 14.7 Å². The Labute approximate surface area is 237 Å². The van der Waals surface area contributed by atoms with Crippen molar-refractivity contribution in [3.05, 3.63) is 71.6 Å². The lowest BCUT2D eigenvalue weighted by atomic mass is 9.90. The van der Waals surface area contributed by atoms with Crippen LogP contribution >= 0.6 is 11.8 Å². The van der Waals surface area contributed by atoms with Gasteiger partial charge in [0.2, 0.25) is 0 Å². The number of piperidine rings is 1. The zero-order valence-corrected chi connectivity index (χ0v) is 23.6. The van der Waals surface area contributed by atoms with E-state index >= 15 is 0 Å². The highest BCUT2D eigenvalue weighted by atomic mass is 32.2. The van der Waals surface area contributed by atoms with Crippen molar-refractivity contribution in [1.29, 1.82) is 0 Å². The Bertz CT molecular complexity index is 1470. The normalized spacial score (nSPS) is 16.9. The number of aliphatic hydroxyl groups excluding tert-OH is 1. The molecule has 40 heavy (non-hydrogen) atoms. The highest BCUT2D eigenvalue weighted by Crippen LogP contribution is 2.36. The Hall–Kier alpha value is -4.09. The topological polar surface area (TPSA) is 137 Å². The summed E-state index contributed by atoms with van der Waals surface area (Å²) in [5, 5.41) is 17.2. The number of hydrogen-bond donors (Lipinski definition) is 4. The van der Waals surface area contributed by atoms with Gasteiger partial charge in [-0.25, -0.2) is 9.97 Å². The number of nitrogen functional groups attached to an aromatic ring is 1. The quantitative estimate of drug-likeness (QED) is 0.318. The number of benzene rings is 2. The van der Waals surface area contributed by atoms with Crippen LogP contribution in [0.5, 0.6) is 0 Å². The molecule has 1 saturated heterocycles. The molecule has 5 rings (SSSR count). The molecule has 0 spiro atoms. The summed E-state index contributed by atoms with van der Waals surface area (Å²) < 4.78 is 0. The van der Waals surface area contributed by atoms with Gasteiger partial charge in [0.05, 0.1) is 12.7 Å². The van der Waals surface area contributed by atoms with Crippen LogP contribution in [0.25, 0.3) is 0 Å². The number of aliphatic hydroxyl groups is 1. The minimum atomic E-state index is -0.661. The molecule has 5 N–H and O–H groups in total. The summed E-state index contributed by atoms with van der Waals surface area (Å²) in [5.41, 5.74) is 8.09. The van der Waals surface area contributed by atoms with Crippen LogP contribution < -0.4 is 26.2 Å². The molecule has 208 valence electrons. The molecule has 0 radical (unpaired) electrons. The summed E-state index contributed by atoms with van der Waals surface area (Å²) in [5.74, 6) is -0.368. The SMILES string of the molecule is CNC1(C)CCN(c2cnc(Sc3cccc(NC(=O)C4=C(O)CN(c5ccccc5)C4=O)c3C)c(N)n2)CC1. The number of hydrogen-bond acceptors (Lipinski definition) is 9. The number of carbonyl (C=O) groups excluding carboxylic acids is 2. The molecule has 2 amide bonds. The molecule has 3 aromatic rings. The van der Waals surface area contributed by atoms with Gasteiger partial charge in [-0.15, -0.1) is 0 Å². The Kier molecular flexibility index (Phi) is 7.68. The first kappa shape index (κ1) is 27.5. The van der Waals surface area contributed by atoms with Crippen LogP contribution in [0.15, 0.2) is 76.0 Å². The van der Waals surface area contributed by atoms with E-state index in [0.717, 1.165) is 42.2 Å². The number of amides is 2. The van der Waals surface area contributed by atoms with Crippen LogP contribution in [0.2, 0.25) is 0 Å². The predicted octanol–water partition coefficient (Wildman–Crippen LogP) is 3.89. The number of nitrogens with one attached hydrogen (secondary N) is 2. The molecule has 0 atom stereocenters. The van der Waals surface area contributed by atoms with Gasteiger partial charge in [0, 0.05) is 34.9 Å². The third-order valence-corrected chi connectivity index (χ3v) is 8.81. The fraction of sp³-hybridized carbons (Fsp3) is 0.310. The molecule has 2 aromatic carbocycles. The lowest BCUT2D eigenvalue weighted by molar-refractivity contribution is -0.119. The van der Waals surface area contributed by atoms with Crippen LogP contribution in [0.4, 0.5) is 23.0 Å². The summed E-state index contributed by atoms with van der Waals surface area (Å²) in [6.45, 7) is 5.78. The lowest BCUT2D eigenvalue weighted by Crippen LogP contribution is -2.50. The van der Waals surface area contributed by atoms with Gasteiger partial charge in [-0.05, 0) is 63.6 Å². The largest absolute Gasteiger partial charge is 0.509 e. The Balaban J connectivity index is 1.28. The maximum Gasteiger partial charge on any atom is 0.267 e. The van der Waals surface area contributed by atoms with Crippen LogP contribution in [-0.4, -0.2) is 59.1 Å². The first-order chi connectivity index (χ1) is 19.2. The summed E-state index contributed by atoms with van der Waals surface area (Å²) in [6.07, 6.45) is 3.76. The Morgan fingerprint density at radius 2 is 1.85 bits per heavy atom. The van der Waals surface area contributed by atoms with Gasteiger partial charge in [0.1, 0.15) is 22.2 Å². The molecule has 0 aliphatic carbocycles. The van der Waals surface area contributed by atoms with E-state index in [1.54, 1.807) is 42.6 Å². The summed E-state index contributed by atoms with van der Waals surface area (Å²) in [4.78, 5) is 39.7. The van der Waals surface area contributed by atoms with Crippen LogP contribution in [0.3, 0.4) is 0 Å². The van der Waals surface area contributed by atoms with Gasteiger partial charge in [0.25, 0.3) is 11.8 Å². The highest BCUT2D eigenvalue weighted by molar-refractivity contribution is 7.99. The third-order valence-electron chi connectivity index (χ3n) is 7.64. The van der Waals surface area contributed by atoms with Crippen molar-refractivity contribution >= 4 is 46.6 Å². The zero-order chi connectivity index (χ0) is 28.4. The molecule has 0 unspecified atom stereocenters. The minimum Gasteiger partial charge on any atom is -0.509 e. The van der Waals surface area contributed by atoms with Crippen molar-refractivity contribution in [3.63, 3.8) is 0 Å². The molecular formula is C29H33N7O3S. The lowest BCUT2D eigenvalue weighted by Gasteiger charge is -2.39. The maximum absolute atomic E-state index is 13.1. The summed E-state index contributed by atoms with van der Waals surface area (Å²) in [7, 11) is 2.00. The van der Waals surface area contributed by atoms with Gasteiger partial charge in [0.15, 0.2) is 5.82 Å². The fourth-order valence-electron chi connectivity index (χ4n) is 4.85. The molecule has 3 heterocycles. The summed E-state index contributed by atoms with van der Waals surface area (Å²) in [6, 6.07) is 14.4. The average Bonchev–Trinajstić information content (AvgIpc) is 3.26. The molecule has 11 heteroatoms. The summed E-state index contributed by atoms with van der Waals surface area (Å²) >= 11 is 1.36. The minimum absolute atomic E-state index is 0.0549. The van der Waals surface area contributed by atoms with E-state index in [0.29, 0.717) is 22.2 Å². The second-order valence-corrected chi connectivity index (χ2v) is 11.3. The molecule has 0 saturated carbocycles. The van der Waals surface area contributed by atoms with E-state index in [9.17, 15) is 14.7 Å². The molecule has 0 bridgehead atoms. The highest BCUT2D eigenvalue weighted by Gasteiger charge is 2.36. The number of nitrogens with zero attached hydrogens (tertiary/aromatic N) is 4. The van der Waals surface area contributed by atoms with E-state index in [-0.39, 0.29) is 23.4 Å². The van der Waals surface area contributed by atoms with Gasteiger partial charge in [-0.2, -0.15) is 0 Å². The van der Waals surface area contributed by atoms with Crippen molar-refractivity contribution in [3.8, 4) is 0 Å². The number of para-hydroxylation sites is 1. The third kappa shape index (κ3) is 5.47. The van der Waals surface area contributed by atoms with E-state index in [2.05, 4.69) is 32.4 Å². The van der Waals surface area contributed by atoms with Gasteiger partial charge in [-0.1, -0.05) is 36.0 Å². The predicted molar refractivity (Wildman–Crippen MR) is 158 cm³/mol. The monoisotopic (exact) mass is 559 g/mol. The first-order valence-corrected chi connectivity index (χ1v) is 13.9. The molecule has 10 nitrogen and oxygen atoms in total. The van der Waals surface area contributed by atoms with Gasteiger partial charge < -0.3 is 31.3 Å². The first-order valence-electron chi connectivity index (χ1n) is 13.1. The maximum atomic E-state index is 13.1. The Morgan fingerprint density at radius 1 is 1.12 bits per heavy atom. The fourth-order valence-corrected chi connectivity index (χ4v) is 5.72. The average molecular weight is 560 g/mol. The second kappa shape index (κ2) is 11.2. The van der Waals surface area contributed by atoms with Crippen LogP contribution in [0, 0.1) is 6.92 Å². The van der Waals surface area contributed by atoms with Crippen molar-refractivity contribution in [2.75, 3.05) is 47.5 Å². The van der Waals surface area contributed by atoms with Crippen LogP contribution in [0.1, 0.15) is 25.3 Å².